The maximum atomic E-state index is 11.9. The minimum absolute atomic E-state index is 0.291. The van der Waals surface area contributed by atoms with Crippen LogP contribution in [-0.2, 0) is 4.79 Å². The zero-order chi connectivity index (χ0) is 17.1. The highest BCUT2D eigenvalue weighted by atomic mass is 16.3. The fraction of sp³-hybridized carbons (Fsp3) is 0.864. The number of aliphatic hydroxyl groups is 1. The quantitative estimate of drug-likeness (QED) is 0.792. The van der Waals surface area contributed by atoms with Crippen molar-refractivity contribution in [2.75, 3.05) is 6.61 Å². The van der Waals surface area contributed by atoms with E-state index in [1.165, 1.54) is 37.7 Å². The van der Waals surface area contributed by atoms with Gasteiger partial charge in [-0.15, -0.1) is 0 Å². The molecule has 0 heterocycles. The molecule has 24 heavy (non-hydrogen) atoms. The third-order valence-electron chi connectivity index (χ3n) is 9.01. The number of hydrogen-bond donors (Lipinski definition) is 1. The van der Waals surface area contributed by atoms with Crippen molar-refractivity contribution in [2.24, 2.45) is 40.4 Å². The maximum Gasteiger partial charge on any atom is 0.155 e. The van der Waals surface area contributed by atoms with Crippen molar-refractivity contribution in [1.29, 1.82) is 0 Å². The zero-order valence-corrected chi connectivity index (χ0v) is 15.7. The summed E-state index contributed by atoms with van der Waals surface area (Å²) in [6.07, 6.45) is 11.6. The van der Waals surface area contributed by atoms with Crippen LogP contribution in [0.15, 0.2) is 11.6 Å². The molecule has 4 aliphatic carbocycles. The lowest BCUT2D eigenvalue weighted by atomic mass is 9.46. The number of fused-ring (bicyclic) bond motifs is 5. The van der Waals surface area contributed by atoms with Gasteiger partial charge >= 0.3 is 0 Å². The second-order valence-corrected chi connectivity index (χ2v) is 9.86. The molecule has 3 saturated carbocycles. The van der Waals surface area contributed by atoms with E-state index in [0.29, 0.717) is 35.1 Å². The first-order valence-corrected chi connectivity index (χ1v) is 10.2. The van der Waals surface area contributed by atoms with Gasteiger partial charge in [0.2, 0.25) is 0 Å². The Balaban J connectivity index is 1.63. The molecule has 4 aliphatic rings. The number of carbonyl (C=O) groups excluding carboxylic acids is 1. The summed E-state index contributed by atoms with van der Waals surface area (Å²) < 4.78 is 0. The molecule has 0 amide bonds. The van der Waals surface area contributed by atoms with Crippen molar-refractivity contribution in [3.8, 4) is 0 Å². The summed E-state index contributed by atoms with van der Waals surface area (Å²) in [5.74, 6) is 3.97. The molecule has 0 spiro atoms. The van der Waals surface area contributed by atoms with Gasteiger partial charge < -0.3 is 5.11 Å². The third kappa shape index (κ3) is 2.21. The topological polar surface area (TPSA) is 37.3 Å². The molecule has 0 saturated heterocycles. The molecule has 2 nitrogen and oxygen atoms in total. The first-order chi connectivity index (χ1) is 11.4. The Morgan fingerprint density at radius 1 is 1.12 bits per heavy atom. The van der Waals surface area contributed by atoms with Gasteiger partial charge in [-0.25, -0.2) is 0 Å². The van der Waals surface area contributed by atoms with Gasteiger partial charge in [0.25, 0.3) is 0 Å². The van der Waals surface area contributed by atoms with Crippen molar-refractivity contribution in [1.82, 2.24) is 0 Å². The Morgan fingerprint density at radius 2 is 1.92 bits per heavy atom. The predicted molar refractivity (Wildman–Crippen MR) is 96.4 cm³/mol. The maximum absolute atomic E-state index is 11.9. The summed E-state index contributed by atoms with van der Waals surface area (Å²) >= 11 is 0. The number of rotatable bonds is 2. The highest BCUT2D eigenvalue weighted by Crippen LogP contribution is 2.67. The largest absolute Gasteiger partial charge is 0.396 e. The molecule has 0 bridgehead atoms. The fourth-order valence-corrected chi connectivity index (χ4v) is 7.66. The van der Waals surface area contributed by atoms with Crippen LogP contribution in [0, 0.1) is 40.4 Å². The van der Waals surface area contributed by atoms with E-state index >= 15 is 0 Å². The van der Waals surface area contributed by atoms with E-state index in [1.54, 1.807) is 0 Å². The summed E-state index contributed by atoms with van der Waals surface area (Å²) in [7, 11) is 0. The van der Waals surface area contributed by atoms with E-state index < -0.39 is 0 Å². The van der Waals surface area contributed by atoms with Crippen LogP contribution in [0.2, 0.25) is 0 Å². The van der Waals surface area contributed by atoms with E-state index in [-0.39, 0.29) is 0 Å². The first-order valence-electron chi connectivity index (χ1n) is 10.2. The van der Waals surface area contributed by atoms with Gasteiger partial charge in [-0.2, -0.15) is 0 Å². The number of carbonyl (C=O) groups is 1. The molecule has 3 fully saturated rings. The van der Waals surface area contributed by atoms with Crippen LogP contribution in [0.25, 0.3) is 0 Å². The summed E-state index contributed by atoms with van der Waals surface area (Å²) in [6.45, 7) is 7.59. The highest BCUT2D eigenvalue weighted by molar-refractivity contribution is 5.91. The van der Waals surface area contributed by atoms with Crippen LogP contribution in [0.1, 0.15) is 72.1 Å². The highest BCUT2D eigenvalue weighted by Gasteiger charge is 2.59. The number of hydrogen-bond acceptors (Lipinski definition) is 2. The second-order valence-electron chi connectivity index (χ2n) is 9.86. The average molecular weight is 331 g/mol. The Hall–Kier alpha value is -0.630. The molecule has 2 heteroatoms. The molecule has 0 aromatic carbocycles. The van der Waals surface area contributed by atoms with Crippen molar-refractivity contribution >= 4 is 5.78 Å². The normalized spacial score (nSPS) is 49.0. The van der Waals surface area contributed by atoms with Gasteiger partial charge in [-0.3, -0.25) is 4.79 Å². The average Bonchev–Trinajstić information content (AvgIpc) is 2.92. The van der Waals surface area contributed by atoms with E-state index in [4.69, 9.17) is 0 Å². The van der Waals surface area contributed by atoms with Crippen LogP contribution in [-0.4, -0.2) is 17.5 Å². The minimum Gasteiger partial charge on any atom is -0.396 e. The Morgan fingerprint density at radius 3 is 2.67 bits per heavy atom. The summed E-state index contributed by atoms with van der Waals surface area (Å²) in [4.78, 5) is 11.9. The number of ketones is 1. The van der Waals surface area contributed by atoms with Gasteiger partial charge in [0.1, 0.15) is 0 Å². The Labute approximate surface area is 147 Å². The van der Waals surface area contributed by atoms with Crippen LogP contribution in [0.3, 0.4) is 0 Å². The lowest BCUT2D eigenvalue weighted by Crippen LogP contribution is -2.51. The Bertz CT molecular complexity index is 564. The van der Waals surface area contributed by atoms with E-state index in [0.717, 1.165) is 37.0 Å². The van der Waals surface area contributed by atoms with E-state index in [2.05, 4.69) is 20.8 Å². The monoisotopic (exact) mass is 330 g/mol. The minimum atomic E-state index is 0.291. The van der Waals surface area contributed by atoms with Crippen LogP contribution in [0.5, 0.6) is 0 Å². The fourth-order valence-electron chi connectivity index (χ4n) is 7.66. The third-order valence-corrected chi connectivity index (χ3v) is 9.01. The lowest BCUT2D eigenvalue weighted by Gasteiger charge is -2.58. The molecule has 0 aromatic heterocycles. The van der Waals surface area contributed by atoms with Crippen LogP contribution >= 0.6 is 0 Å². The lowest BCUT2D eigenvalue weighted by molar-refractivity contribution is -0.117. The van der Waals surface area contributed by atoms with Gasteiger partial charge in [-0.1, -0.05) is 26.3 Å². The summed E-state index contributed by atoms with van der Waals surface area (Å²) in [6, 6.07) is 0. The zero-order valence-electron chi connectivity index (χ0n) is 15.7. The summed E-state index contributed by atoms with van der Waals surface area (Å²) in [5, 5.41) is 9.71. The molecular weight excluding hydrogens is 296 g/mol. The van der Waals surface area contributed by atoms with Crippen molar-refractivity contribution in [2.45, 2.75) is 72.1 Å². The van der Waals surface area contributed by atoms with Gasteiger partial charge in [0.15, 0.2) is 5.78 Å². The van der Waals surface area contributed by atoms with Crippen LogP contribution in [0.4, 0.5) is 0 Å². The molecule has 1 unspecified atom stereocenters. The molecule has 0 radical (unpaired) electrons. The van der Waals surface area contributed by atoms with Gasteiger partial charge in [0.05, 0.1) is 0 Å². The second kappa shape index (κ2) is 5.69. The Kier molecular flexibility index (Phi) is 3.99. The summed E-state index contributed by atoms with van der Waals surface area (Å²) in [5.41, 5.74) is 2.20. The molecule has 0 aromatic rings. The smallest absolute Gasteiger partial charge is 0.155 e. The number of aliphatic hydroxyl groups excluding tert-OH is 1. The van der Waals surface area contributed by atoms with Crippen molar-refractivity contribution in [3.05, 3.63) is 11.6 Å². The van der Waals surface area contributed by atoms with E-state index in [9.17, 15) is 9.90 Å². The number of allylic oxidation sites excluding steroid dienone is 1. The molecule has 134 valence electrons. The van der Waals surface area contributed by atoms with E-state index in [1.807, 2.05) is 6.08 Å². The predicted octanol–water partition coefficient (Wildman–Crippen LogP) is 4.76. The van der Waals surface area contributed by atoms with Gasteiger partial charge in [0, 0.05) is 13.0 Å². The van der Waals surface area contributed by atoms with Crippen molar-refractivity contribution < 1.29 is 9.90 Å². The van der Waals surface area contributed by atoms with Crippen molar-refractivity contribution in [3.63, 3.8) is 0 Å². The molecule has 0 aliphatic heterocycles. The van der Waals surface area contributed by atoms with Crippen LogP contribution < -0.4 is 0 Å². The standard InChI is InChI=1S/C22H34O2/c1-14(13-23)18-6-7-19-17-5-4-15-12-16(24)8-10-21(15,2)20(17)9-11-22(18,19)3/h12,14,17-20,23H,4-11,13H2,1-3H3/t14?,17-,18+,19+,20-,21-,22+/m0/s1. The molecular formula is C22H34O2. The molecule has 4 rings (SSSR count). The molecule has 1 N–H and O–H groups in total. The SMILES string of the molecule is CC(CO)[C@H]1CC[C@@H]2[C@@H]3CCC4=CC(=O)CC[C@]4(C)[C@H]3CC[C@]12C. The first kappa shape index (κ1) is 16.8. The van der Waals surface area contributed by atoms with Gasteiger partial charge in [-0.05, 0) is 91.4 Å². The molecule has 7 atom stereocenters.